The zero-order chi connectivity index (χ0) is 25.5. The molecule has 2 aromatic rings. The molecule has 0 unspecified atom stereocenters. The molecule has 0 saturated heterocycles. The number of fused-ring (bicyclic) bond motifs is 1. The molecule has 2 heterocycles. The number of carbonyl (C=O) groups excluding carboxylic acids is 2. The van der Waals surface area contributed by atoms with Gasteiger partial charge >= 0.3 is 5.97 Å². The fraction of sp³-hybridized carbons (Fsp3) is 0.577. The summed E-state index contributed by atoms with van der Waals surface area (Å²) in [6, 6.07) is 5.82. The van der Waals surface area contributed by atoms with E-state index in [0.717, 1.165) is 54.5 Å². The van der Waals surface area contributed by atoms with Crippen molar-refractivity contribution in [2.45, 2.75) is 78.0 Å². The van der Waals surface area contributed by atoms with E-state index < -0.39 is 11.0 Å². The molecule has 1 N–H and O–H groups in total. The summed E-state index contributed by atoms with van der Waals surface area (Å²) in [5.74, 6) is 0.0172. The molecular weight excluding hydrogens is 532 g/mol. The molecule has 0 radical (unpaired) electrons. The number of halogens is 2. The van der Waals surface area contributed by atoms with Gasteiger partial charge in [0.2, 0.25) is 0 Å². The van der Waals surface area contributed by atoms with E-state index in [9.17, 15) is 9.59 Å². The van der Waals surface area contributed by atoms with Crippen LogP contribution >= 0.6 is 27.5 Å². The van der Waals surface area contributed by atoms with E-state index in [4.69, 9.17) is 21.3 Å². The Balaban J connectivity index is 1.41. The summed E-state index contributed by atoms with van der Waals surface area (Å²) in [5.41, 5.74) is 1.70. The molecule has 0 spiro atoms. The van der Waals surface area contributed by atoms with Crippen LogP contribution in [-0.2, 0) is 29.5 Å². The second kappa shape index (κ2) is 9.87. The van der Waals surface area contributed by atoms with Crippen LogP contribution in [0, 0.1) is 5.41 Å². The van der Waals surface area contributed by atoms with E-state index in [1.165, 1.54) is 0 Å². The van der Waals surface area contributed by atoms with Gasteiger partial charge in [-0.1, -0.05) is 17.7 Å². The molecule has 0 bridgehead atoms. The molecule has 1 fully saturated rings. The first-order valence-electron chi connectivity index (χ1n) is 12.2. The zero-order valence-electron chi connectivity index (χ0n) is 21.1. The first-order chi connectivity index (χ1) is 16.4. The Hall–Kier alpha value is -1.90. The molecule has 190 valence electrons. The second-order valence-corrected chi connectivity index (χ2v) is 12.2. The summed E-state index contributed by atoms with van der Waals surface area (Å²) in [7, 11) is 1.89. The Morgan fingerprint density at radius 1 is 1.26 bits per heavy atom. The van der Waals surface area contributed by atoms with Gasteiger partial charge in [0.15, 0.2) is 5.82 Å². The van der Waals surface area contributed by atoms with Crippen molar-refractivity contribution in [1.29, 1.82) is 0 Å². The van der Waals surface area contributed by atoms with E-state index >= 15 is 0 Å². The number of ether oxygens (including phenoxy) is 1. The number of esters is 1. The zero-order valence-corrected chi connectivity index (χ0v) is 23.4. The first kappa shape index (κ1) is 26.2. The highest BCUT2D eigenvalue weighted by molar-refractivity contribution is 9.10. The van der Waals surface area contributed by atoms with Crippen molar-refractivity contribution < 1.29 is 14.3 Å². The van der Waals surface area contributed by atoms with Gasteiger partial charge in [0.25, 0.3) is 5.91 Å². The summed E-state index contributed by atoms with van der Waals surface area (Å²) in [4.78, 5) is 32.9. The van der Waals surface area contributed by atoms with E-state index in [2.05, 4.69) is 26.1 Å². The lowest BCUT2D eigenvalue weighted by molar-refractivity contribution is -0.169. The molecule has 1 aromatic carbocycles. The Bertz CT molecular complexity index is 1130. The molecule has 1 aliphatic heterocycles. The van der Waals surface area contributed by atoms with Gasteiger partial charge in [-0.05, 0) is 81.4 Å². The lowest BCUT2D eigenvalue weighted by Gasteiger charge is -2.42. The summed E-state index contributed by atoms with van der Waals surface area (Å²) in [6.45, 7) is 9.41. The number of aromatic nitrogens is 2. The molecule has 35 heavy (non-hydrogen) atoms. The van der Waals surface area contributed by atoms with Crippen molar-refractivity contribution in [2.24, 2.45) is 12.5 Å². The van der Waals surface area contributed by atoms with E-state index in [0.29, 0.717) is 29.1 Å². The SMILES string of the molecule is Cn1c(C(=O)Nc2cccc(Br)c2Cl)nc2c1CCN(C1CCC(C)(C(=O)OC(C)(C)C)CC1)C2. The van der Waals surface area contributed by atoms with Gasteiger partial charge in [-0.2, -0.15) is 0 Å². The minimum absolute atomic E-state index is 0.0877. The van der Waals surface area contributed by atoms with Crippen molar-refractivity contribution in [2.75, 3.05) is 11.9 Å². The Labute approximate surface area is 220 Å². The fourth-order valence-corrected chi connectivity index (χ4v) is 5.59. The predicted octanol–water partition coefficient (Wildman–Crippen LogP) is 5.74. The Morgan fingerprint density at radius 3 is 2.60 bits per heavy atom. The van der Waals surface area contributed by atoms with Crippen molar-refractivity contribution in [3.63, 3.8) is 0 Å². The van der Waals surface area contributed by atoms with Gasteiger partial charge in [0.05, 0.1) is 21.8 Å². The van der Waals surface area contributed by atoms with Crippen LogP contribution < -0.4 is 5.32 Å². The van der Waals surface area contributed by atoms with Gasteiger partial charge in [-0.25, -0.2) is 4.98 Å². The Morgan fingerprint density at radius 2 is 1.94 bits per heavy atom. The molecule has 4 rings (SSSR count). The van der Waals surface area contributed by atoms with E-state index in [-0.39, 0.29) is 11.9 Å². The number of imidazole rings is 1. The highest BCUT2D eigenvalue weighted by Crippen LogP contribution is 2.40. The third-order valence-electron chi connectivity index (χ3n) is 7.15. The number of benzene rings is 1. The average molecular weight is 566 g/mol. The summed E-state index contributed by atoms with van der Waals surface area (Å²) < 4.78 is 8.31. The van der Waals surface area contributed by atoms with Crippen LogP contribution in [0.2, 0.25) is 5.02 Å². The third-order valence-corrected chi connectivity index (χ3v) is 8.45. The van der Waals surface area contributed by atoms with Crippen LogP contribution in [0.5, 0.6) is 0 Å². The highest BCUT2D eigenvalue weighted by atomic mass is 79.9. The molecule has 1 saturated carbocycles. The van der Waals surface area contributed by atoms with Gasteiger partial charge in [-0.15, -0.1) is 0 Å². The maximum Gasteiger partial charge on any atom is 0.312 e. The maximum atomic E-state index is 13.0. The number of anilines is 1. The number of hydrogen-bond acceptors (Lipinski definition) is 5. The van der Waals surface area contributed by atoms with Crippen LogP contribution in [-0.4, -0.2) is 44.5 Å². The molecule has 1 aliphatic carbocycles. The minimum Gasteiger partial charge on any atom is -0.460 e. The van der Waals surface area contributed by atoms with Gasteiger partial charge in [0, 0.05) is 42.8 Å². The molecule has 7 nitrogen and oxygen atoms in total. The number of amides is 1. The average Bonchev–Trinajstić information content (AvgIpc) is 3.12. The highest BCUT2D eigenvalue weighted by Gasteiger charge is 2.42. The van der Waals surface area contributed by atoms with Crippen LogP contribution in [0.3, 0.4) is 0 Å². The van der Waals surface area contributed by atoms with Gasteiger partial charge < -0.3 is 14.6 Å². The lowest BCUT2D eigenvalue weighted by atomic mass is 9.73. The van der Waals surface area contributed by atoms with Crippen molar-refractivity contribution in [3.05, 3.63) is 44.9 Å². The smallest absolute Gasteiger partial charge is 0.312 e. The molecular formula is C26H34BrClN4O3. The molecule has 9 heteroatoms. The normalized spacial score (nSPS) is 23.0. The van der Waals surface area contributed by atoms with Crippen LogP contribution in [0.1, 0.15) is 75.4 Å². The van der Waals surface area contributed by atoms with Gasteiger partial charge in [0.1, 0.15) is 5.60 Å². The number of nitrogens with zero attached hydrogens (tertiary/aromatic N) is 3. The van der Waals surface area contributed by atoms with Crippen molar-refractivity contribution in [3.8, 4) is 0 Å². The standard InChI is InChI=1S/C26H34BrClN4O3/c1-25(2,3)35-24(34)26(4)12-9-16(10-13-26)32-14-11-20-19(15-32)29-22(31(20)5)23(33)30-18-8-6-7-17(27)21(18)28/h6-8,16H,9-15H2,1-5H3,(H,30,33). The monoisotopic (exact) mass is 564 g/mol. The summed E-state index contributed by atoms with van der Waals surface area (Å²) >= 11 is 9.71. The first-order valence-corrected chi connectivity index (χ1v) is 13.3. The summed E-state index contributed by atoms with van der Waals surface area (Å²) in [6.07, 6.45) is 4.38. The Kier molecular flexibility index (Phi) is 7.38. The molecule has 0 atom stereocenters. The molecule has 1 aromatic heterocycles. The molecule has 1 amide bonds. The quantitative estimate of drug-likeness (QED) is 0.479. The van der Waals surface area contributed by atoms with Crippen LogP contribution in [0.4, 0.5) is 5.69 Å². The number of carbonyl (C=O) groups is 2. The predicted molar refractivity (Wildman–Crippen MR) is 141 cm³/mol. The third kappa shape index (κ3) is 5.59. The maximum absolute atomic E-state index is 13.0. The fourth-order valence-electron chi connectivity index (χ4n) is 5.05. The summed E-state index contributed by atoms with van der Waals surface area (Å²) in [5, 5.41) is 3.35. The second-order valence-electron chi connectivity index (χ2n) is 11.0. The van der Waals surface area contributed by atoms with E-state index in [1.807, 2.05) is 51.4 Å². The van der Waals surface area contributed by atoms with Gasteiger partial charge in [-0.3, -0.25) is 14.5 Å². The topological polar surface area (TPSA) is 76.5 Å². The van der Waals surface area contributed by atoms with E-state index in [1.54, 1.807) is 6.07 Å². The number of hydrogen-bond donors (Lipinski definition) is 1. The molecule has 2 aliphatic rings. The largest absolute Gasteiger partial charge is 0.460 e. The van der Waals surface area contributed by atoms with Crippen molar-refractivity contribution >= 4 is 45.1 Å². The van der Waals surface area contributed by atoms with Crippen LogP contribution in [0.15, 0.2) is 22.7 Å². The number of rotatable bonds is 4. The van der Waals surface area contributed by atoms with Crippen LogP contribution in [0.25, 0.3) is 0 Å². The minimum atomic E-state index is -0.467. The lowest BCUT2D eigenvalue weighted by Crippen LogP contribution is -2.46. The van der Waals surface area contributed by atoms with Crippen molar-refractivity contribution in [1.82, 2.24) is 14.5 Å². The number of nitrogens with one attached hydrogen (secondary N) is 1.